The Bertz CT molecular complexity index is 467. The summed E-state index contributed by atoms with van der Waals surface area (Å²) < 4.78 is 0.513. The zero-order chi connectivity index (χ0) is 12.1. The number of amides is 1. The van der Waals surface area contributed by atoms with Crippen molar-refractivity contribution in [1.82, 2.24) is 5.01 Å². The number of hydrogen-bond acceptors (Lipinski definition) is 4. The van der Waals surface area contributed by atoms with Crippen LogP contribution in [-0.4, -0.2) is 27.2 Å². The molecule has 5 heteroatoms. The highest BCUT2D eigenvalue weighted by Gasteiger charge is 2.25. The molecule has 3 nitrogen and oxygen atoms in total. The number of hydrogen-bond donors (Lipinski definition) is 0. The van der Waals surface area contributed by atoms with Gasteiger partial charge in [-0.1, -0.05) is 60.4 Å². The standard InChI is InChI=1S/C12H10N2OS2/c15-11-9-17-12(16)14(11)13-8-4-7-10-5-2-1-3-6-10/h1-8H,9H2. The fraction of sp³-hybridized carbons (Fsp3) is 0.0833. The summed E-state index contributed by atoms with van der Waals surface area (Å²) in [6.45, 7) is 0. The van der Waals surface area contributed by atoms with E-state index < -0.39 is 0 Å². The number of carbonyl (C=O) groups is 1. The normalized spacial score (nSPS) is 16.6. The lowest BCUT2D eigenvalue weighted by Gasteiger charge is -2.04. The molecule has 0 spiro atoms. The Morgan fingerprint density at radius 1 is 1.35 bits per heavy atom. The molecule has 0 unspecified atom stereocenters. The van der Waals surface area contributed by atoms with E-state index in [1.807, 2.05) is 36.4 Å². The Labute approximate surface area is 109 Å². The molecular weight excluding hydrogens is 252 g/mol. The predicted octanol–water partition coefficient (Wildman–Crippen LogP) is 2.55. The zero-order valence-corrected chi connectivity index (χ0v) is 10.6. The molecule has 17 heavy (non-hydrogen) atoms. The quantitative estimate of drug-likeness (QED) is 0.620. The van der Waals surface area contributed by atoms with E-state index in [1.165, 1.54) is 16.8 Å². The molecule has 2 rings (SSSR count). The highest BCUT2D eigenvalue weighted by Crippen LogP contribution is 2.18. The van der Waals surface area contributed by atoms with Gasteiger partial charge in [-0.15, -0.1) is 0 Å². The minimum atomic E-state index is -0.0654. The van der Waals surface area contributed by atoms with Gasteiger partial charge in [0.2, 0.25) is 0 Å². The predicted molar refractivity (Wildman–Crippen MR) is 75.9 cm³/mol. The molecule has 0 atom stereocenters. The van der Waals surface area contributed by atoms with Crippen molar-refractivity contribution in [3.05, 3.63) is 42.0 Å². The molecule has 0 bridgehead atoms. The molecule has 1 aromatic carbocycles. The van der Waals surface area contributed by atoms with Crippen LogP contribution in [0.2, 0.25) is 0 Å². The number of benzene rings is 1. The third-order valence-electron chi connectivity index (χ3n) is 2.08. The first-order valence-corrected chi connectivity index (χ1v) is 6.42. The number of hydrazone groups is 1. The zero-order valence-electron chi connectivity index (χ0n) is 8.95. The molecule has 1 aliphatic heterocycles. The van der Waals surface area contributed by atoms with E-state index in [1.54, 1.807) is 12.3 Å². The van der Waals surface area contributed by atoms with Gasteiger partial charge in [-0.3, -0.25) is 4.79 Å². The van der Waals surface area contributed by atoms with Gasteiger partial charge < -0.3 is 0 Å². The van der Waals surface area contributed by atoms with E-state index in [-0.39, 0.29) is 5.91 Å². The maximum atomic E-state index is 11.3. The first-order valence-electron chi connectivity index (χ1n) is 5.03. The Kier molecular flexibility index (Phi) is 4.06. The van der Waals surface area contributed by atoms with Crippen LogP contribution >= 0.6 is 24.0 Å². The lowest BCUT2D eigenvalue weighted by atomic mass is 10.2. The second-order valence-corrected chi connectivity index (χ2v) is 4.90. The van der Waals surface area contributed by atoms with E-state index in [0.717, 1.165) is 5.56 Å². The van der Waals surface area contributed by atoms with Gasteiger partial charge in [0.15, 0.2) is 4.32 Å². The second-order valence-electron chi connectivity index (χ2n) is 3.29. The summed E-state index contributed by atoms with van der Waals surface area (Å²) in [4.78, 5) is 11.3. The number of carbonyl (C=O) groups excluding carboxylic acids is 1. The SMILES string of the molecule is O=C1CSC(=S)N1N=CC=Cc1ccccc1. The molecule has 1 heterocycles. The van der Waals surface area contributed by atoms with Gasteiger partial charge in [0, 0.05) is 6.21 Å². The lowest BCUT2D eigenvalue weighted by molar-refractivity contribution is -0.123. The van der Waals surface area contributed by atoms with Crippen LogP contribution in [0.3, 0.4) is 0 Å². The molecule has 1 saturated heterocycles. The fourth-order valence-corrected chi connectivity index (χ4v) is 2.25. The molecule has 0 aliphatic carbocycles. The second kappa shape index (κ2) is 5.75. The van der Waals surface area contributed by atoms with Crippen LogP contribution in [0.25, 0.3) is 6.08 Å². The third-order valence-corrected chi connectivity index (χ3v) is 3.42. The minimum absolute atomic E-state index is 0.0654. The Morgan fingerprint density at radius 3 is 2.76 bits per heavy atom. The van der Waals surface area contributed by atoms with Gasteiger partial charge >= 0.3 is 0 Å². The van der Waals surface area contributed by atoms with Crippen molar-refractivity contribution in [1.29, 1.82) is 0 Å². The summed E-state index contributed by atoms with van der Waals surface area (Å²) in [5, 5.41) is 5.27. The molecule has 0 radical (unpaired) electrons. The van der Waals surface area contributed by atoms with Gasteiger partial charge in [-0.05, 0) is 11.6 Å². The van der Waals surface area contributed by atoms with Crippen molar-refractivity contribution in [2.75, 3.05) is 5.75 Å². The summed E-state index contributed by atoms with van der Waals surface area (Å²) in [6, 6.07) is 9.88. The van der Waals surface area contributed by atoms with Crippen molar-refractivity contribution in [2.45, 2.75) is 0 Å². The van der Waals surface area contributed by atoms with Crippen molar-refractivity contribution >= 4 is 46.5 Å². The van der Waals surface area contributed by atoms with Gasteiger partial charge in [-0.25, -0.2) is 0 Å². The van der Waals surface area contributed by atoms with Crippen LogP contribution in [0.15, 0.2) is 41.5 Å². The van der Waals surface area contributed by atoms with Crippen LogP contribution in [-0.2, 0) is 4.79 Å². The van der Waals surface area contributed by atoms with Crippen LogP contribution in [0, 0.1) is 0 Å². The smallest absolute Gasteiger partial charge is 0.259 e. The summed E-state index contributed by atoms with van der Waals surface area (Å²) >= 11 is 6.33. The number of nitrogens with zero attached hydrogens (tertiary/aromatic N) is 2. The van der Waals surface area contributed by atoms with Crippen molar-refractivity contribution in [3.8, 4) is 0 Å². The molecule has 0 N–H and O–H groups in total. The molecule has 1 aromatic rings. The Morgan fingerprint density at radius 2 is 2.12 bits per heavy atom. The molecule has 1 amide bonds. The van der Waals surface area contributed by atoms with Crippen molar-refractivity contribution in [3.63, 3.8) is 0 Å². The maximum absolute atomic E-state index is 11.3. The number of rotatable bonds is 3. The minimum Gasteiger partial charge on any atom is -0.272 e. The van der Waals surface area contributed by atoms with Crippen molar-refractivity contribution in [2.24, 2.45) is 5.10 Å². The molecule has 1 fully saturated rings. The monoisotopic (exact) mass is 262 g/mol. The topological polar surface area (TPSA) is 32.7 Å². The average molecular weight is 262 g/mol. The fourth-order valence-electron chi connectivity index (χ4n) is 1.28. The van der Waals surface area contributed by atoms with E-state index in [2.05, 4.69) is 5.10 Å². The van der Waals surface area contributed by atoms with Crippen molar-refractivity contribution < 1.29 is 4.79 Å². The van der Waals surface area contributed by atoms with Crippen LogP contribution in [0.4, 0.5) is 0 Å². The Balaban J connectivity index is 1.96. The summed E-state index contributed by atoms with van der Waals surface area (Å²) in [5.41, 5.74) is 1.09. The van der Waals surface area contributed by atoms with E-state index >= 15 is 0 Å². The molecule has 86 valence electrons. The first-order chi connectivity index (χ1) is 8.27. The third kappa shape index (κ3) is 3.25. The lowest BCUT2D eigenvalue weighted by Crippen LogP contribution is -2.22. The average Bonchev–Trinajstić information content (AvgIpc) is 2.67. The van der Waals surface area contributed by atoms with Gasteiger partial charge in [-0.2, -0.15) is 10.1 Å². The summed E-state index contributed by atoms with van der Waals surface area (Å²) in [6.07, 6.45) is 5.28. The maximum Gasteiger partial charge on any atom is 0.259 e. The highest BCUT2D eigenvalue weighted by molar-refractivity contribution is 8.23. The van der Waals surface area contributed by atoms with Gasteiger partial charge in [0.25, 0.3) is 5.91 Å². The molecular formula is C12H10N2OS2. The summed E-state index contributed by atoms with van der Waals surface area (Å²) in [5.74, 6) is 0.322. The first kappa shape index (κ1) is 12.0. The van der Waals surface area contributed by atoms with E-state index in [9.17, 15) is 4.79 Å². The molecule has 0 aromatic heterocycles. The summed E-state index contributed by atoms with van der Waals surface area (Å²) in [7, 11) is 0. The Hall–Kier alpha value is -1.46. The van der Waals surface area contributed by atoms with Gasteiger partial charge in [0.05, 0.1) is 5.75 Å². The van der Waals surface area contributed by atoms with Gasteiger partial charge in [0.1, 0.15) is 0 Å². The van der Waals surface area contributed by atoms with Crippen LogP contribution in [0.1, 0.15) is 5.56 Å². The molecule has 1 aliphatic rings. The van der Waals surface area contributed by atoms with E-state index in [4.69, 9.17) is 12.2 Å². The van der Waals surface area contributed by atoms with Crippen LogP contribution < -0.4 is 0 Å². The number of thioether (sulfide) groups is 1. The number of allylic oxidation sites excluding steroid dienone is 1. The van der Waals surface area contributed by atoms with E-state index in [0.29, 0.717) is 10.1 Å². The largest absolute Gasteiger partial charge is 0.272 e. The highest BCUT2D eigenvalue weighted by atomic mass is 32.2. The van der Waals surface area contributed by atoms with Crippen LogP contribution in [0.5, 0.6) is 0 Å². The molecule has 0 saturated carbocycles. The number of thiocarbonyl (C=S) groups is 1.